The highest BCUT2D eigenvalue weighted by Gasteiger charge is 2.04. The number of anilines is 1. The first-order chi connectivity index (χ1) is 8.69. The van der Waals surface area contributed by atoms with Gasteiger partial charge in [-0.15, -0.1) is 10.2 Å². The lowest BCUT2D eigenvalue weighted by Gasteiger charge is -2.07. The first-order valence-electron chi connectivity index (χ1n) is 5.79. The van der Waals surface area contributed by atoms with Gasteiger partial charge in [-0.25, -0.2) is 9.97 Å². The predicted molar refractivity (Wildman–Crippen MR) is 72.1 cm³/mol. The standard InChI is InChI=1S/C11H15BrN6/c1-3-4-9-15-8(12)5-10(16-9)13-6-11-17-14-7-18(11)2/h5,7H,3-4,6H2,1-2H3,(H,13,15,16). The van der Waals surface area contributed by atoms with Crippen LogP contribution in [0.1, 0.15) is 25.0 Å². The molecule has 0 unspecified atom stereocenters. The van der Waals surface area contributed by atoms with Crippen molar-refractivity contribution in [3.8, 4) is 0 Å². The summed E-state index contributed by atoms with van der Waals surface area (Å²) >= 11 is 3.39. The molecule has 6 nitrogen and oxygen atoms in total. The number of hydrogen-bond acceptors (Lipinski definition) is 5. The maximum Gasteiger partial charge on any atom is 0.151 e. The average Bonchev–Trinajstić information content (AvgIpc) is 2.72. The largest absolute Gasteiger partial charge is 0.363 e. The third-order valence-electron chi connectivity index (χ3n) is 2.45. The minimum absolute atomic E-state index is 0.589. The van der Waals surface area contributed by atoms with Gasteiger partial charge in [0.05, 0.1) is 6.54 Å². The highest BCUT2D eigenvalue weighted by Crippen LogP contribution is 2.13. The van der Waals surface area contributed by atoms with Crippen LogP contribution in [-0.2, 0) is 20.0 Å². The molecular weight excluding hydrogens is 296 g/mol. The van der Waals surface area contributed by atoms with Crippen LogP contribution >= 0.6 is 15.9 Å². The number of nitrogens with zero attached hydrogens (tertiary/aromatic N) is 5. The van der Waals surface area contributed by atoms with Crippen LogP contribution in [0.25, 0.3) is 0 Å². The molecule has 1 N–H and O–H groups in total. The zero-order valence-electron chi connectivity index (χ0n) is 10.4. The van der Waals surface area contributed by atoms with Gasteiger partial charge in [0.2, 0.25) is 0 Å². The molecule has 0 amide bonds. The summed E-state index contributed by atoms with van der Waals surface area (Å²) in [6.07, 6.45) is 3.58. The van der Waals surface area contributed by atoms with Crippen LogP contribution in [-0.4, -0.2) is 24.7 Å². The molecule has 2 heterocycles. The van der Waals surface area contributed by atoms with E-state index in [2.05, 4.69) is 48.3 Å². The number of nitrogens with one attached hydrogen (secondary N) is 1. The molecule has 0 aliphatic carbocycles. The van der Waals surface area contributed by atoms with Gasteiger partial charge < -0.3 is 9.88 Å². The highest BCUT2D eigenvalue weighted by molar-refractivity contribution is 9.10. The number of aryl methyl sites for hydroxylation is 2. The first kappa shape index (κ1) is 12.9. The molecule has 0 aliphatic rings. The van der Waals surface area contributed by atoms with Gasteiger partial charge >= 0.3 is 0 Å². The Kier molecular flexibility index (Phi) is 4.24. The minimum Gasteiger partial charge on any atom is -0.363 e. The summed E-state index contributed by atoms with van der Waals surface area (Å²) in [4.78, 5) is 8.76. The Morgan fingerprint density at radius 1 is 1.39 bits per heavy atom. The molecule has 96 valence electrons. The van der Waals surface area contributed by atoms with Gasteiger partial charge in [0, 0.05) is 19.5 Å². The summed E-state index contributed by atoms with van der Waals surface area (Å²) in [5.74, 6) is 2.50. The van der Waals surface area contributed by atoms with Crippen LogP contribution in [0.15, 0.2) is 17.0 Å². The molecule has 2 aromatic rings. The van der Waals surface area contributed by atoms with E-state index in [0.717, 1.165) is 34.9 Å². The van der Waals surface area contributed by atoms with E-state index in [9.17, 15) is 0 Å². The van der Waals surface area contributed by atoms with Crippen molar-refractivity contribution in [3.63, 3.8) is 0 Å². The second kappa shape index (κ2) is 5.90. The number of rotatable bonds is 5. The van der Waals surface area contributed by atoms with Crippen LogP contribution in [0.2, 0.25) is 0 Å². The van der Waals surface area contributed by atoms with Crippen LogP contribution < -0.4 is 5.32 Å². The third-order valence-corrected chi connectivity index (χ3v) is 2.85. The monoisotopic (exact) mass is 310 g/mol. The Morgan fingerprint density at radius 2 is 2.22 bits per heavy atom. The summed E-state index contributed by atoms with van der Waals surface area (Å²) in [5, 5.41) is 11.1. The lowest BCUT2D eigenvalue weighted by atomic mass is 10.3. The molecule has 2 rings (SSSR count). The molecule has 0 aromatic carbocycles. The predicted octanol–water partition coefficient (Wildman–Crippen LogP) is 1.93. The maximum atomic E-state index is 4.44. The van der Waals surface area contributed by atoms with Crippen LogP contribution in [0.5, 0.6) is 0 Å². The van der Waals surface area contributed by atoms with Gasteiger partial charge in [0.25, 0.3) is 0 Å². The zero-order chi connectivity index (χ0) is 13.0. The molecule has 7 heteroatoms. The summed E-state index contributed by atoms with van der Waals surface area (Å²) in [7, 11) is 1.91. The van der Waals surface area contributed by atoms with Crippen molar-refractivity contribution in [3.05, 3.63) is 28.6 Å². The lowest BCUT2D eigenvalue weighted by molar-refractivity contribution is 0.800. The second-order valence-electron chi connectivity index (χ2n) is 3.95. The van der Waals surface area contributed by atoms with Crippen molar-refractivity contribution in [2.45, 2.75) is 26.3 Å². The average molecular weight is 311 g/mol. The van der Waals surface area contributed by atoms with E-state index in [4.69, 9.17) is 0 Å². The smallest absolute Gasteiger partial charge is 0.151 e. The Hall–Kier alpha value is -1.50. The van der Waals surface area contributed by atoms with E-state index in [1.165, 1.54) is 0 Å². The number of hydrogen-bond donors (Lipinski definition) is 1. The Labute approximate surface area is 114 Å². The van der Waals surface area contributed by atoms with Gasteiger partial charge in [0.1, 0.15) is 22.6 Å². The summed E-state index contributed by atoms with van der Waals surface area (Å²) in [6.45, 7) is 2.70. The van der Waals surface area contributed by atoms with Gasteiger partial charge in [-0.1, -0.05) is 6.92 Å². The second-order valence-corrected chi connectivity index (χ2v) is 4.77. The number of halogens is 1. The van der Waals surface area contributed by atoms with Crippen molar-refractivity contribution in [1.82, 2.24) is 24.7 Å². The van der Waals surface area contributed by atoms with Crippen molar-refractivity contribution in [2.75, 3.05) is 5.32 Å². The molecule has 0 spiro atoms. The van der Waals surface area contributed by atoms with E-state index in [-0.39, 0.29) is 0 Å². The summed E-state index contributed by atoms with van der Waals surface area (Å²) in [6, 6.07) is 1.86. The Balaban J connectivity index is 2.07. The molecule has 0 atom stereocenters. The van der Waals surface area contributed by atoms with Gasteiger partial charge in [-0.2, -0.15) is 0 Å². The Bertz CT molecular complexity index is 524. The topological polar surface area (TPSA) is 68.5 Å². The van der Waals surface area contributed by atoms with Crippen molar-refractivity contribution >= 4 is 21.7 Å². The van der Waals surface area contributed by atoms with E-state index >= 15 is 0 Å². The molecule has 0 saturated heterocycles. The summed E-state index contributed by atoms with van der Waals surface area (Å²) in [5.41, 5.74) is 0. The van der Waals surface area contributed by atoms with Crippen molar-refractivity contribution in [1.29, 1.82) is 0 Å². The fourth-order valence-corrected chi connectivity index (χ4v) is 1.95. The van der Waals surface area contributed by atoms with Crippen molar-refractivity contribution < 1.29 is 0 Å². The maximum absolute atomic E-state index is 4.44. The third kappa shape index (κ3) is 3.25. The zero-order valence-corrected chi connectivity index (χ0v) is 12.0. The van der Waals surface area contributed by atoms with Crippen molar-refractivity contribution in [2.24, 2.45) is 7.05 Å². The summed E-state index contributed by atoms with van der Waals surface area (Å²) < 4.78 is 2.66. The fourth-order valence-electron chi connectivity index (χ4n) is 1.53. The normalized spacial score (nSPS) is 10.6. The van der Waals surface area contributed by atoms with E-state index in [1.807, 2.05) is 17.7 Å². The molecule has 0 aliphatic heterocycles. The van der Waals surface area contributed by atoms with Crippen LogP contribution in [0, 0.1) is 0 Å². The van der Waals surface area contributed by atoms with Gasteiger partial charge in [-0.05, 0) is 22.4 Å². The molecule has 0 saturated carbocycles. The fraction of sp³-hybridized carbons (Fsp3) is 0.455. The molecule has 18 heavy (non-hydrogen) atoms. The van der Waals surface area contributed by atoms with Crippen LogP contribution in [0.4, 0.5) is 5.82 Å². The van der Waals surface area contributed by atoms with E-state index in [1.54, 1.807) is 6.33 Å². The van der Waals surface area contributed by atoms with Crippen LogP contribution in [0.3, 0.4) is 0 Å². The molecule has 2 aromatic heterocycles. The number of aromatic nitrogens is 5. The highest BCUT2D eigenvalue weighted by atomic mass is 79.9. The molecule has 0 radical (unpaired) electrons. The minimum atomic E-state index is 0.589. The molecule has 0 bridgehead atoms. The quantitative estimate of drug-likeness (QED) is 0.855. The SMILES string of the molecule is CCCc1nc(Br)cc(NCc2nncn2C)n1. The first-order valence-corrected chi connectivity index (χ1v) is 6.58. The van der Waals surface area contributed by atoms with Gasteiger partial charge in [0.15, 0.2) is 5.82 Å². The van der Waals surface area contributed by atoms with E-state index in [0.29, 0.717) is 6.54 Å². The Morgan fingerprint density at radius 3 is 2.89 bits per heavy atom. The van der Waals surface area contributed by atoms with E-state index < -0.39 is 0 Å². The molecule has 0 fully saturated rings. The molecular formula is C11H15BrN6. The lowest BCUT2D eigenvalue weighted by Crippen LogP contribution is -2.08. The van der Waals surface area contributed by atoms with Gasteiger partial charge in [-0.3, -0.25) is 0 Å².